The zero-order chi connectivity index (χ0) is 20.0. The second-order valence-corrected chi connectivity index (χ2v) is 11.5. The van der Waals surface area contributed by atoms with Crippen LogP contribution in [0.5, 0.6) is 0 Å². The molecule has 1 radical (unpaired) electrons. The molecule has 6 nitrogen and oxygen atoms in total. The Hall–Kier alpha value is -1.43. The highest BCUT2D eigenvalue weighted by Gasteiger charge is 2.32. The number of hydrogen-bond donors (Lipinski definition) is 0. The molecule has 0 saturated carbocycles. The Morgan fingerprint density at radius 1 is 1.30 bits per heavy atom. The average molecular weight is 435 g/mol. The van der Waals surface area contributed by atoms with Crippen LogP contribution in [0.4, 0.5) is 14.6 Å². The number of nitrogens with zero attached hydrogens (tertiary/aromatic N) is 3. The fourth-order valence-electron chi connectivity index (χ4n) is 2.35. The predicted octanol–water partition coefficient (Wildman–Crippen LogP) is 3.83. The van der Waals surface area contributed by atoms with Crippen molar-refractivity contribution in [1.82, 2.24) is 9.97 Å². The third kappa shape index (κ3) is 5.30. The minimum atomic E-state index is -4.40. The zero-order valence-electron chi connectivity index (χ0n) is 15.4. The van der Waals surface area contributed by atoms with Gasteiger partial charge < -0.3 is 4.74 Å². The summed E-state index contributed by atoms with van der Waals surface area (Å²) in [5.41, 5.74) is 1.06. The molecular formula is C16H22F2N3O3S2Si. The third-order valence-corrected chi connectivity index (χ3v) is 8.57. The van der Waals surface area contributed by atoms with Crippen molar-refractivity contribution < 1.29 is 21.9 Å². The van der Waals surface area contributed by atoms with Crippen molar-refractivity contribution >= 4 is 36.0 Å². The smallest absolute Gasteiger partial charge is 0.287 e. The fraction of sp³-hybridized carbons (Fsp3) is 0.500. The maximum Gasteiger partial charge on any atom is 0.287 e. The maximum atomic E-state index is 14.4. The van der Waals surface area contributed by atoms with Gasteiger partial charge in [0.25, 0.3) is 10.0 Å². The minimum absolute atomic E-state index is 0.110. The van der Waals surface area contributed by atoms with Crippen molar-refractivity contribution in [2.75, 3.05) is 17.6 Å². The first-order chi connectivity index (χ1) is 12.8. The molecule has 2 aromatic rings. The lowest BCUT2D eigenvalue weighted by Crippen LogP contribution is -2.35. The lowest BCUT2D eigenvalue weighted by Gasteiger charge is -2.22. The minimum Gasteiger partial charge on any atom is -0.360 e. The average Bonchev–Trinajstić information content (AvgIpc) is 3.13. The summed E-state index contributed by atoms with van der Waals surface area (Å²) in [5.74, 6) is -2.01. The summed E-state index contributed by atoms with van der Waals surface area (Å²) in [6, 6.07) is 2.04. The molecule has 0 unspecified atom stereocenters. The molecule has 0 atom stereocenters. The number of hydrogen-bond acceptors (Lipinski definition) is 6. The van der Waals surface area contributed by atoms with E-state index in [-0.39, 0.29) is 12.5 Å². The van der Waals surface area contributed by atoms with Crippen LogP contribution in [-0.2, 0) is 14.8 Å². The lowest BCUT2D eigenvalue weighted by atomic mass is 10.3. The molecule has 0 spiro atoms. The molecular weight excluding hydrogens is 412 g/mol. The molecule has 0 fully saturated rings. The van der Waals surface area contributed by atoms with Crippen molar-refractivity contribution in [2.24, 2.45) is 0 Å². The van der Waals surface area contributed by atoms with Gasteiger partial charge in [0.15, 0.2) is 11.6 Å². The van der Waals surface area contributed by atoms with Crippen LogP contribution in [-0.4, -0.2) is 40.5 Å². The molecule has 11 heteroatoms. The molecule has 149 valence electrons. The fourth-order valence-corrected chi connectivity index (χ4v) is 5.89. The van der Waals surface area contributed by atoms with Crippen LogP contribution in [0.1, 0.15) is 18.9 Å². The molecule has 2 aromatic heterocycles. The maximum absolute atomic E-state index is 14.4. The Labute approximate surface area is 163 Å². The summed E-state index contributed by atoms with van der Waals surface area (Å²) >= 11 is 1.20. The molecule has 2 rings (SSSR count). The monoisotopic (exact) mass is 434 g/mol. The normalized spacial score (nSPS) is 11.9. The number of thiazole rings is 1. The van der Waals surface area contributed by atoms with Gasteiger partial charge in [0.1, 0.15) is 12.5 Å². The van der Waals surface area contributed by atoms with Gasteiger partial charge in [0.2, 0.25) is 5.03 Å². The first-order valence-corrected chi connectivity index (χ1v) is 13.2. The molecule has 0 amide bonds. The van der Waals surface area contributed by atoms with E-state index in [1.54, 1.807) is 0 Å². The second kappa shape index (κ2) is 9.67. The summed E-state index contributed by atoms with van der Waals surface area (Å²) in [4.78, 5) is 7.46. The van der Waals surface area contributed by atoms with Gasteiger partial charge in [0.05, 0.1) is 11.7 Å². The molecule has 27 heavy (non-hydrogen) atoms. The second-order valence-electron chi connectivity index (χ2n) is 6.04. The van der Waals surface area contributed by atoms with Crippen LogP contribution in [0.25, 0.3) is 0 Å². The summed E-state index contributed by atoms with van der Waals surface area (Å²) in [6.45, 7) is 5.57. The van der Waals surface area contributed by atoms with E-state index in [1.807, 2.05) is 0 Å². The number of pyridine rings is 1. The standard InChI is InChI=1S/C16H22F2N3O3S2Si/c1-4-6-27(3)7-5-24-11-21(14-9-25-10-20-14)26(22,23)16-15(18)12(2)13(17)8-19-16/h8-10H,4-7,11H2,1-3H3. The van der Waals surface area contributed by atoms with Crippen molar-refractivity contribution in [3.8, 4) is 0 Å². The highest BCUT2D eigenvalue weighted by atomic mass is 32.2. The lowest BCUT2D eigenvalue weighted by molar-refractivity contribution is 0.156. The number of halogens is 2. The summed E-state index contributed by atoms with van der Waals surface area (Å²) in [7, 11) is -4.91. The number of sulfonamides is 1. The Bertz CT molecular complexity index is 851. The van der Waals surface area contributed by atoms with Crippen molar-refractivity contribution in [3.05, 3.63) is 34.3 Å². The molecule has 2 heterocycles. The largest absolute Gasteiger partial charge is 0.360 e. The number of aromatic nitrogens is 2. The number of anilines is 1. The van der Waals surface area contributed by atoms with Crippen molar-refractivity contribution in [2.45, 2.75) is 43.9 Å². The first kappa shape index (κ1) is 21.9. The Kier molecular flexibility index (Phi) is 7.83. The van der Waals surface area contributed by atoms with Crippen LogP contribution < -0.4 is 4.31 Å². The van der Waals surface area contributed by atoms with Crippen LogP contribution in [0, 0.1) is 18.6 Å². The van der Waals surface area contributed by atoms with Crippen LogP contribution in [0.15, 0.2) is 22.1 Å². The van der Waals surface area contributed by atoms with Crippen molar-refractivity contribution in [3.63, 3.8) is 0 Å². The van der Waals surface area contributed by atoms with E-state index in [2.05, 4.69) is 23.4 Å². The zero-order valence-corrected chi connectivity index (χ0v) is 18.0. The molecule has 0 aliphatic heterocycles. The van der Waals surface area contributed by atoms with E-state index in [0.717, 1.165) is 29.7 Å². The van der Waals surface area contributed by atoms with Gasteiger partial charge in [-0.2, -0.15) is 8.42 Å². The van der Waals surface area contributed by atoms with Crippen LogP contribution >= 0.6 is 11.3 Å². The van der Waals surface area contributed by atoms with Gasteiger partial charge in [-0.3, -0.25) is 0 Å². The third-order valence-electron chi connectivity index (χ3n) is 3.94. The highest BCUT2D eigenvalue weighted by Crippen LogP contribution is 2.25. The predicted molar refractivity (Wildman–Crippen MR) is 103 cm³/mol. The van der Waals surface area contributed by atoms with Gasteiger partial charge in [-0.25, -0.2) is 23.1 Å². The Balaban J connectivity index is 2.23. The van der Waals surface area contributed by atoms with Gasteiger partial charge >= 0.3 is 0 Å². The summed E-state index contributed by atoms with van der Waals surface area (Å²) < 4.78 is 60.1. The van der Waals surface area contributed by atoms with Crippen LogP contribution in [0.2, 0.25) is 18.6 Å². The highest BCUT2D eigenvalue weighted by molar-refractivity contribution is 7.92. The van der Waals surface area contributed by atoms with E-state index in [0.29, 0.717) is 12.8 Å². The van der Waals surface area contributed by atoms with E-state index >= 15 is 0 Å². The number of ether oxygens (including phenoxy) is 1. The van der Waals surface area contributed by atoms with Crippen molar-refractivity contribution in [1.29, 1.82) is 0 Å². The van der Waals surface area contributed by atoms with Crippen LogP contribution in [0.3, 0.4) is 0 Å². The quantitative estimate of drug-likeness (QED) is 0.323. The van der Waals surface area contributed by atoms with Gasteiger partial charge in [0, 0.05) is 26.3 Å². The SMILES string of the molecule is CCC[Si](C)CCOCN(c1cscn1)S(=O)(=O)c1ncc(F)c(C)c1F. The van der Waals surface area contributed by atoms with Gasteiger partial charge in [-0.1, -0.05) is 25.9 Å². The van der Waals surface area contributed by atoms with Gasteiger partial charge in [-0.05, 0) is 13.0 Å². The molecule has 0 aromatic carbocycles. The molecule has 0 saturated heterocycles. The molecule has 0 aliphatic rings. The first-order valence-electron chi connectivity index (χ1n) is 8.39. The van der Waals surface area contributed by atoms with E-state index in [1.165, 1.54) is 22.2 Å². The van der Waals surface area contributed by atoms with Gasteiger partial charge in [-0.15, -0.1) is 11.3 Å². The topological polar surface area (TPSA) is 72.4 Å². The van der Waals surface area contributed by atoms with E-state index in [4.69, 9.17) is 4.74 Å². The molecule has 0 aliphatic carbocycles. The number of rotatable bonds is 10. The Morgan fingerprint density at radius 2 is 2.04 bits per heavy atom. The van der Waals surface area contributed by atoms with E-state index in [9.17, 15) is 17.2 Å². The Morgan fingerprint density at radius 3 is 2.67 bits per heavy atom. The van der Waals surface area contributed by atoms with E-state index < -0.39 is 41.0 Å². The molecule has 0 bridgehead atoms. The molecule has 0 N–H and O–H groups in total. The summed E-state index contributed by atoms with van der Waals surface area (Å²) in [6.07, 6.45) is 1.81. The summed E-state index contributed by atoms with van der Waals surface area (Å²) in [5, 5.41) is 0.672.